The second kappa shape index (κ2) is 2.86. The van der Waals surface area contributed by atoms with Crippen LogP contribution < -0.4 is 4.25 Å². The van der Waals surface area contributed by atoms with E-state index < -0.39 is 11.1 Å². The Bertz CT molecular complexity index is 177. The van der Waals surface area contributed by atoms with Gasteiger partial charge in [-0.15, -0.1) is 0 Å². The third-order valence-electron chi connectivity index (χ3n) is 0.887. The fourth-order valence-corrected chi connectivity index (χ4v) is 5.20. The fourth-order valence-electron chi connectivity index (χ4n) is 0.497. The van der Waals surface area contributed by atoms with Crippen molar-refractivity contribution in [3.05, 3.63) is 18.3 Å². The molecule has 4 heteroatoms. The number of halogens is 2. The summed E-state index contributed by atoms with van der Waals surface area (Å²) >= 11 is 5.36. The molecular weight excluding hydrogens is 424 g/mol. The number of nitrogens with one attached hydrogen (secondary N) is 1. The van der Waals surface area contributed by atoms with E-state index in [0.717, 1.165) is 0 Å². The maximum absolute atomic E-state index is 3.65. The van der Waals surface area contributed by atoms with Crippen molar-refractivity contribution in [3.8, 4) is 0 Å². The predicted octanol–water partition coefficient (Wildman–Crippen LogP) is 2.46. The summed E-state index contributed by atoms with van der Waals surface area (Å²) in [5.41, 5.74) is 2.22. The van der Waals surface area contributed by atoms with E-state index in [4.69, 9.17) is 0 Å². The maximum atomic E-state index is 3.65. The van der Waals surface area contributed by atoms with Gasteiger partial charge in [0.25, 0.3) is 0 Å². The van der Waals surface area contributed by atoms with Crippen LogP contribution in [0.4, 0.5) is 0 Å². The van der Waals surface area contributed by atoms with Crippen LogP contribution in [0.25, 0.3) is 0 Å². The van der Waals surface area contributed by atoms with Crippen LogP contribution in [0.15, 0.2) is 18.3 Å². The van der Waals surface area contributed by atoms with E-state index in [1.807, 2.05) is 12.3 Å². The molecule has 0 saturated heterocycles. The number of rotatable bonds is 1. The molecule has 0 amide bonds. The molecule has 0 bridgehead atoms. The summed E-state index contributed by atoms with van der Waals surface area (Å²) in [6, 6.07) is 4.12. The number of hydrogen-bond acceptors (Lipinski definition) is 0. The Balaban J connectivity index is 2.90. The molecule has 1 aromatic rings. The summed E-state index contributed by atoms with van der Waals surface area (Å²) in [6.45, 7) is 0. The molecule has 0 unspecified atom stereocenters. The second-order valence-electron chi connectivity index (χ2n) is 1.63. The predicted molar refractivity (Wildman–Crippen MR) is 44.1 cm³/mol. The Kier molecular flexibility index (Phi) is 2.53. The molecule has 0 saturated carbocycles. The second-order valence-corrected chi connectivity index (χ2v) is 32.0. The fraction of sp³-hybridized carbons (Fsp3) is 0.200. The Hall–Kier alpha value is 0.876. The van der Waals surface area contributed by atoms with Gasteiger partial charge in [0.2, 0.25) is 0 Å². The van der Waals surface area contributed by atoms with Crippen LogP contribution in [0.2, 0.25) is 5.48 Å². The van der Waals surface area contributed by atoms with E-state index in [1.54, 1.807) is 0 Å². The van der Waals surface area contributed by atoms with Crippen molar-refractivity contribution in [2.45, 2.75) is 5.48 Å². The Morgan fingerprint density at radius 3 is 2.44 bits per heavy atom. The number of hydrogen-bond donors (Lipinski definition) is 1. The molecule has 0 atom stereocenters. The monoisotopic (exact) mass is 431 g/mol. The van der Waals surface area contributed by atoms with Gasteiger partial charge in [-0.3, -0.25) is 0 Å². The Morgan fingerprint density at radius 2 is 2.22 bits per heavy atom. The van der Waals surface area contributed by atoms with Crippen molar-refractivity contribution in [2.75, 3.05) is 0 Å². The number of aromatic amines is 1. The van der Waals surface area contributed by atoms with Crippen LogP contribution in [-0.2, 0) is 11.1 Å². The van der Waals surface area contributed by atoms with Gasteiger partial charge in [0.15, 0.2) is 0 Å². The molecule has 1 N–H and O–H groups in total. The van der Waals surface area contributed by atoms with E-state index in [-0.39, 0.29) is 0 Å². The van der Waals surface area contributed by atoms with Crippen molar-refractivity contribution < 1.29 is 11.1 Å². The van der Waals surface area contributed by atoms with Crippen LogP contribution in [0.1, 0.15) is 0 Å². The van der Waals surface area contributed by atoms with Crippen molar-refractivity contribution in [3.63, 3.8) is 0 Å². The van der Waals surface area contributed by atoms with Gasteiger partial charge in [-0.25, -0.2) is 0 Å². The average Bonchev–Trinajstić information content (AvgIpc) is 2.08. The molecule has 0 aliphatic carbocycles. The Labute approximate surface area is 70.8 Å². The van der Waals surface area contributed by atoms with Gasteiger partial charge in [-0.05, 0) is 0 Å². The molecule has 1 heterocycles. The van der Waals surface area contributed by atoms with E-state index in [0.29, 0.717) is 0 Å². The van der Waals surface area contributed by atoms with Crippen LogP contribution in [0, 0.1) is 0 Å². The van der Waals surface area contributed by atoms with Gasteiger partial charge in [-0.1, -0.05) is 0 Å². The van der Waals surface area contributed by atoms with Gasteiger partial charge in [0, 0.05) is 0 Å². The number of H-pyrrole nitrogens is 1. The van der Waals surface area contributed by atoms with E-state index in [9.17, 15) is 0 Å². The zero-order valence-corrected chi connectivity index (χ0v) is 10.6. The zero-order chi connectivity index (χ0) is 6.91. The SMILES string of the molecule is [CH3][Os]([Br])([Br])[c]1ccc[nH]1. The topological polar surface area (TPSA) is 15.8 Å². The molecular formula is C5H7Br2NOs. The summed E-state index contributed by atoms with van der Waals surface area (Å²) in [5.74, 6) is 0. The van der Waals surface area contributed by atoms with Crippen molar-refractivity contribution in [1.82, 2.24) is 4.98 Å². The number of aromatic nitrogens is 1. The first-order chi connectivity index (χ1) is 4.11. The molecule has 1 rings (SSSR count). The van der Waals surface area contributed by atoms with Crippen molar-refractivity contribution in [1.29, 1.82) is 0 Å². The van der Waals surface area contributed by atoms with E-state index >= 15 is 0 Å². The molecule has 0 aromatic carbocycles. The summed E-state index contributed by atoms with van der Waals surface area (Å²) in [7, 11) is 0. The van der Waals surface area contributed by atoms with E-state index in [1.165, 1.54) is 4.25 Å². The van der Waals surface area contributed by atoms with Gasteiger partial charge in [-0.2, -0.15) is 0 Å². The standard InChI is InChI=1S/C4H4N.CH3.2BrH.Os/c1-2-4-5-3-1;;;;/h1-3,5H;1H3;2*1H;/q;;;;+2/p-2. The van der Waals surface area contributed by atoms with Crippen LogP contribution >= 0.6 is 27.1 Å². The summed E-state index contributed by atoms with van der Waals surface area (Å²) in [4.78, 5) is 3.17. The molecule has 54 valence electrons. The van der Waals surface area contributed by atoms with Crippen molar-refractivity contribution >= 4 is 31.4 Å². The molecule has 9 heavy (non-hydrogen) atoms. The van der Waals surface area contributed by atoms with Crippen LogP contribution in [0.5, 0.6) is 0 Å². The van der Waals surface area contributed by atoms with E-state index in [2.05, 4.69) is 43.6 Å². The quantitative estimate of drug-likeness (QED) is 0.704. The van der Waals surface area contributed by atoms with Gasteiger partial charge >= 0.3 is 71.2 Å². The molecule has 0 aliphatic heterocycles. The van der Waals surface area contributed by atoms with Gasteiger partial charge in [0.1, 0.15) is 0 Å². The van der Waals surface area contributed by atoms with Gasteiger partial charge in [0.05, 0.1) is 0 Å². The van der Waals surface area contributed by atoms with Crippen LogP contribution in [-0.4, -0.2) is 4.98 Å². The normalized spacial score (nSPS) is 13.7. The molecule has 1 aromatic heterocycles. The zero-order valence-electron chi connectivity index (χ0n) is 4.84. The van der Waals surface area contributed by atoms with Gasteiger partial charge < -0.3 is 0 Å². The Morgan fingerprint density at radius 1 is 1.56 bits per heavy atom. The minimum absolute atomic E-state index is 1.32. The van der Waals surface area contributed by atoms with Crippen LogP contribution in [0.3, 0.4) is 0 Å². The minimum atomic E-state index is -1.93. The molecule has 0 fully saturated rings. The molecule has 0 aliphatic rings. The molecule has 0 spiro atoms. The molecule has 0 radical (unpaired) electrons. The third kappa shape index (κ3) is 2.18. The first kappa shape index (κ1) is 7.98. The average molecular weight is 431 g/mol. The first-order valence-corrected chi connectivity index (χ1v) is 17.2. The van der Waals surface area contributed by atoms with Crippen molar-refractivity contribution in [2.24, 2.45) is 0 Å². The summed E-state index contributed by atoms with van der Waals surface area (Å²) in [6.07, 6.45) is 1.95. The first-order valence-electron chi connectivity index (χ1n) is 2.29. The summed E-state index contributed by atoms with van der Waals surface area (Å²) < 4.78 is 1.32. The summed E-state index contributed by atoms with van der Waals surface area (Å²) in [5, 5.41) is 0. The molecule has 1 nitrogen and oxygen atoms in total. The third-order valence-corrected chi connectivity index (χ3v) is 9.02.